The molecule has 18 heavy (non-hydrogen) atoms. The molecule has 3 saturated carbocycles. The molecule has 3 nitrogen and oxygen atoms in total. The molecule has 2 bridgehead atoms. The first-order valence-electron chi connectivity index (χ1n) is 7.58. The van der Waals surface area contributed by atoms with E-state index in [9.17, 15) is 4.79 Å². The Morgan fingerprint density at radius 3 is 2.50 bits per heavy atom. The van der Waals surface area contributed by atoms with Gasteiger partial charge in [-0.15, -0.1) is 0 Å². The predicted octanol–water partition coefficient (Wildman–Crippen LogP) is 2.05. The van der Waals surface area contributed by atoms with Gasteiger partial charge in [0.2, 0.25) is 5.91 Å². The van der Waals surface area contributed by atoms with Crippen molar-refractivity contribution >= 4 is 5.91 Å². The van der Waals surface area contributed by atoms with E-state index >= 15 is 0 Å². The summed E-state index contributed by atoms with van der Waals surface area (Å²) in [5, 5.41) is 3.20. The average Bonchev–Trinajstić information content (AvgIpc) is 2.99. The Morgan fingerprint density at radius 2 is 2.00 bits per heavy atom. The second kappa shape index (κ2) is 4.22. The lowest BCUT2D eigenvalue weighted by Crippen LogP contribution is -2.56. The third-order valence-electron chi connectivity index (χ3n) is 5.71. The Labute approximate surface area is 110 Å². The number of carbonyl (C=O) groups excluding carboxylic acids is 1. The van der Waals surface area contributed by atoms with Crippen LogP contribution in [0.15, 0.2) is 0 Å². The van der Waals surface area contributed by atoms with Crippen LogP contribution in [-0.4, -0.2) is 17.5 Å². The summed E-state index contributed by atoms with van der Waals surface area (Å²) in [6, 6.07) is 0.300. The fourth-order valence-corrected chi connectivity index (χ4v) is 4.24. The van der Waals surface area contributed by atoms with E-state index < -0.39 is 5.54 Å². The largest absolute Gasteiger partial charge is 0.352 e. The van der Waals surface area contributed by atoms with Crippen LogP contribution in [0.1, 0.15) is 52.4 Å². The first-order valence-corrected chi connectivity index (χ1v) is 7.58. The number of amides is 1. The number of nitrogens with one attached hydrogen (secondary N) is 1. The second-order valence-corrected chi connectivity index (χ2v) is 7.16. The first-order chi connectivity index (χ1) is 8.48. The normalized spacial score (nSPS) is 39.4. The van der Waals surface area contributed by atoms with Crippen molar-refractivity contribution in [3.63, 3.8) is 0 Å². The highest BCUT2D eigenvalue weighted by molar-refractivity contribution is 5.86. The first kappa shape index (κ1) is 12.5. The minimum absolute atomic E-state index is 0.0697. The SMILES string of the molecule is CC(NC(=O)C(C)(N)C1CC1)C1CC2CCC1C2. The number of carbonyl (C=O) groups is 1. The van der Waals surface area contributed by atoms with Gasteiger partial charge in [0.1, 0.15) is 0 Å². The van der Waals surface area contributed by atoms with Gasteiger partial charge in [-0.2, -0.15) is 0 Å². The van der Waals surface area contributed by atoms with Crippen LogP contribution < -0.4 is 11.1 Å². The van der Waals surface area contributed by atoms with Gasteiger partial charge in [0.25, 0.3) is 0 Å². The Kier molecular flexibility index (Phi) is 2.92. The lowest BCUT2D eigenvalue weighted by atomic mass is 9.83. The van der Waals surface area contributed by atoms with Crippen molar-refractivity contribution in [1.82, 2.24) is 5.32 Å². The molecule has 0 aromatic carbocycles. The molecule has 1 amide bonds. The van der Waals surface area contributed by atoms with Gasteiger partial charge in [0.05, 0.1) is 5.54 Å². The van der Waals surface area contributed by atoms with E-state index in [1.807, 2.05) is 6.92 Å². The Morgan fingerprint density at radius 1 is 1.28 bits per heavy atom. The molecule has 102 valence electrons. The van der Waals surface area contributed by atoms with Gasteiger partial charge in [-0.25, -0.2) is 0 Å². The number of nitrogens with two attached hydrogens (primary N) is 1. The molecule has 5 atom stereocenters. The molecule has 3 fully saturated rings. The van der Waals surface area contributed by atoms with Gasteiger partial charge in [-0.3, -0.25) is 4.79 Å². The zero-order valence-corrected chi connectivity index (χ0v) is 11.6. The highest BCUT2D eigenvalue weighted by Gasteiger charge is 2.46. The summed E-state index contributed by atoms with van der Waals surface area (Å²) in [6.07, 6.45) is 7.73. The number of fused-ring (bicyclic) bond motifs is 2. The van der Waals surface area contributed by atoms with E-state index in [1.54, 1.807) is 0 Å². The molecule has 3 aliphatic rings. The van der Waals surface area contributed by atoms with Gasteiger partial charge < -0.3 is 11.1 Å². The Bertz CT molecular complexity index is 348. The molecule has 0 heterocycles. The van der Waals surface area contributed by atoms with Gasteiger partial charge >= 0.3 is 0 Å². The van der Waals surface area contributed by atoms with Gasteiger partial charge in [0.15, 0.2) is 0 Å². The predicted molar refractivity (Wildman–Crippen MR) is 71.9 cm³/mol. The molecular formula is C15H26N2O. The van der Waals surface area contributed by atoms with Crippen LogP contribution in [-0.2, 0) is 4.79 Å². The van der Waals surface area contributed by atoms with Crippen LogP contribution in [0.25, 0.3) is 0 Å². The molecule has 0 saturated heterocycles. The zero-order valence-electron chi connectivity index (χ0n) is 11.6. The summed E-state index contributed by atoms with van der Waals surface area (Å²) in [5.74, 6) is 2.97. The average molecular weight is 250 g/mol. The van der Waals surface area contributed by atoms with E-state index in [2.05, 4.69) is 12.2 Å². The topological polar surface area (TPSA) is 55.1 Å². The lowest BCUT2D eigenvalue weighted by Gasteiger charge is -2.32. The van der Waals surface area contributed by atoms with E-state index in [0.717, 1.165) is 24.7 Å². The highest BCUT2D eigenvalue weighted by Crippen LogP contribution is 2.49. The van der Waals surface area contributed by atoms with E-state index in [-0.39, 0.29) is 5.91 Å². The maximum Gasteiger partial charge on any atom is 0.240 e. The van der Waals surface area contributed by atoms with Crippen molar-refractivity contribution in [3.05, 3.63) is 0 Å². The minimum Gasteiger partial charge on any atom is -0.352 e. The number of rotatable bonds is 4. The maximum absolute atomic E-state index is 12.3. The quantitative estimate of drug-likeness (QED) is 0.802. The number of hydrogen-bond acceptors (Lipinski definition) is 2. The van der Waals surface area contributed by atoms with Crippen LogP contribution in [0.2, 0.25) is 0 Å². The van der Waals surface area contributed by atoms with E-state index in [4.69, 9.17) is 5.73 Å². The van der Waals surface area contributed by atoms with Crippen molar-refractivity contribution in [3.8, 4) is 0 Å². The van der Waals surface area contributed by atoms with E-state index in [0.29, 0.717) is 17.9 Å². The van der Waals surface area contributed by atoms with Gasteiger partial charge in [-0.05, 0) is 69.6 Å². The maximum atomic E-state index is 12.3. The van der Waals surface area contributed by atoms with Crippen molar-refractivity contribution < 1.29 is 4.79 Å². The molecule has 0 spiro atoms. The lowest BCUT2D eigenvalue weighted by molar-refractivity contribution is -0.127. The summed E-state index contributed by atoms with van der Waals surface area (Å²) in [6.45, 7) is 4.07. The molecule has 3 rings (SSSR count). The summed E-state index contributed by atoms with van der Waals surface area (Å²) >= 11 is 0. The van der Waals surface area contributed by atoms with Crippen molar-refractivity contribution in [1.29, 1.82) is 0 Å². The summed E-state index contributed by atoms with van der Waals surface area (Å²) < 4.78 is 0. The van der Waals surface area contributed by atoms with Crippen LogP contribution in [0.4, 0.5) is 0 Å². The monoisotopic (exact) mass is 250 g/mol. The third-order valence-corrected chi connectivity index (χ3v) is 5.71. The second-order valence-electron chi connectivity index (χ2n) is 7.16. The Balaban J connectivity index is 1.57. The summed E-state index contributed by atoms with van der Waals surface area (Å²) in [4.78, 5) is 12.3. The Hall–Kier alpha value is -0.570. The van der Waals surface area contributed by atoms with Crippen molar-refractivity contribution in [2.24, 2.45) is 29.4 Å². The zero-order chi connectivity index (χ0) is 12.9. The summed E-state index contributed by atoms with van der Waals surface area (Å²) in [5.41, 5.74) is 5.53. The number of hydrogen-bond donors (Lipinski definition) is 2. The third kappa shape index (κ3) is 2.07. The molecule has 0 aliphatic heterocycles. The standard InChI is InChI=1S/C15H26N2O/c1-9(13-8-10-3-4-11(13)7-10)17-14(18)15(2,16)12-5-6-12/h9-13H,3-8,16H2,1-2H3,(H,17,18). The smallest absolute Gasteiger partial charge is 0.240 e. The van der Waals surface area contributed by atoms with E-state index in [1.165, 1.54) is 25.7 Å². The van der Waals surface area contributed by atoms with Crippen LogP contribution in [0.3, 0.4) is 0 Å². The summed E-state index contributed by atoms with van der Waals surface area (Å²) in [7, 11) is 0. The van der Waals surface area contributed by atoms with Crippen molar-refractivity contribution in [2.75, 3.05) is 0 Å². The van der Waals surface area contributed by atoms with Crippen LogP contribution in [0, 0.1) is 23.7 Å². The molecule has 3 heteroatoms. The fourth-order valence-electron chi connectivity index (χ4n) is 4.24. The molecule has 0 aromatic heterocycles. The minimum atomic E-state index is -0.647. The van der Waals surface area contributed by atoms with Crippen LogP contribution in [0.5, 0.6) is 0 Å². The van der Waals surface area contributed by atoms with Crippen LogP contribution >= 0.6 is 0 Å². The van der Waals surface area contributed by atoms with Crippen molar-refractivity contribution in [2.45, 2.75) is 64.0 Å². The van der Waals surface area contributed by atoms with Gasteiger partial charge in [-0.1, -0.05) is 6.42 Å². The van der Waals surface area contributed by atoms with Gasteiger partial charge in [0, 0.05) is 6.04 Å². The highest BCUT2D eigenvalue weighted by atomic mass is 16.2. The molecule has 3 N–H and O–H groups in total. The molecule has 5 unspecified atom stereocenters. The molecule has 0 aromatic rings. The fraction of sp³-hybridized carbons (Fsp3) is 0.933. The molecule has 3 aliphatic carbocycles. The molecular weight excluding hydrogens is 224 g/mol. The molecule has 0 radical (unpaired) electrons.